The number of carbonyl (C=O) groups is 4. The van der Waals surface area contributed by atoms with Gasteiger partial charge in [-0.15, -0.1) is 0 Å². The summed E-state index contributed by atoms with van der Waals surface area (Å²) >= 11 is 0. The third kappa shape index (κ3) is 10.0. The molecule has 0 fully saturated rings. The molecule has 3 aromatic carbocycles. The van der Waals surface area contributed by atoms with Gasteiger partial charge in [0.1, 0.15) is 11.3 Å². The predicted octanol–water partition coefficient (Wildman–Crippen LogP) is 1.63. The zero-order valence-electron chi connectivity index (χ0n) is 17.8. The topological polar surface area (TPSA) is 184 Å². The van der Waals surface area contributed by atoms with Gasteiger partial charge in [0, 0.05) is 6.92 Å². The number of phenolic OH excluding ortho intramolecular Hbond substituents is 1. The summed E-state index contributed by atoms with van der Waals surface area (Å²) in [5.74, 6) is -4.99. The summed E-state index contributed by atoms with van der Waals surface area (Å²) in [4.78, 5) is 41.9. The first-order chi connectivity index (χ1) is 15.5. The van der Waals surface area contributed by atoms with Crippen molar-refractivity contribution in [3.8, 4) is 17.2 Å². The number of aromatic hydroxyl groups is 1. The molecule has 34 heavy (non-hydrogen) atoms. The van der Waals surface area contributed by atoms with Crippen LogP contribution in [-0.4, -0.2) is 62.2 Å². The average Bonchev–Trinajstić information content (AvgIpc) is 2.74. The van der Waals surface area contributed by atoms with Crippen molar-refractivity contribution in [2.75, 3.05) is 0 Å². The smallest absolute Gasteiger partial charge is 0.872 e. The van der Waals surface area contributed by atoms with E-state index in [1.54, 1.807) is 12.1 Å². The molecular weight excluding hydrogens is 461 g/mol. The number of benzene rings is 3. The van der Waals surface area contributed by atoms with Crippen molar-refractivity contribution in [2.24, 2.45) is 0 Å². The van der Waals surface area contributed by atoms with Crippen molar-refractivity contribution in [1.82, 2.24) is 0 Å². The van der Waals surface area contributed by atoms with Crippen molar-refractivity contribution in [2.45, 2.75) is 6.92 Å². The van der Waals surface area contributed by atoms with Crippen LogP contribution in [0.4, 0.5) is 0 Å². The zero-order chi connectivity index (χ0) is 25.0. The molecule has 11 heteroatoms. The van der Waals surface area contributed by atoms with Gasteiger partial charge >= 0.3 is 46.9 Å². The van der Waals surface area contributed by atoms with Gasteiger partial charge in [-0.2, -0.15) is 0 Å². The number of ether oxygens (including phenoxy) is 1. The first-order valence-corrected chi connectivity index (χ1v) is 9.04. The molecule has 3 rings (SSSR count). The molecule has 0 unspecified atom stereocenters. The molecule has 0 radical (unpaired) electrons. The summed E-state index contributed by atoms with van der Waals surface area (Å²) in [7, 11) is 0. The van der Waals surface area contributed by atoms with E-state index >= 15 is 0 Å². The summed E-state index contributed by atoms with van der Waals surface area (Å²) in [6, 6.07) is 16.9. The maximum atomic E-state index is 11.1. The van der Waals surface area contributed by atoms with Crippen molar-refractivity contribution in [3.05, 3.63) is 89.5 Å². The fourth-order valence-corrected chi connectivity index (χ4v) is 2.12. The van der Waals surface area contributed by atoms with Crippen LogP contribution in [0.15, 0.2) is 72.8 Å². The van der Waals surface area contributed by atoms with E-state index in [1.165, 1.54) is 60.7 Å². The molecule has 0 bridgehead atoms. The van der Waals surface area contributed by atoms with Crippen LogP contribution in [0.5, 0.6) is 17.2 Å². The van der Waals surface area contributed by atoms with Crippen LogP contribution in [0.3, 0.4) is 0 Å². The van der Waals surface area contributed by atoms with Crippen molar-refractivity contribution < 1.29 is 49.4 Å². The number of hydrogen-bond donors (Lipinski definition) is 3. The van der Waals surface area contributed by atoms with Crippen LogP contribution in [0.2, 0.25) is 0 Å². The Kier molecular flexibility index (Phi) is 13.1. The molecular formula is C23H18MgO10. The number of carboxylic acids is 2. The Hall–Kier alpha value is -4.09. The number of hydrogen-bond acceptors (Lipinski definition) is 8. The number of phenols is 1. The van der Waals surface area contributed by atoms with Crippen LogP contribution in [-0.2, 0) is 9.53 Å². The second-order valence-electron chi connectivity index (χ2n) is 6.00. The Labute approximate surface area is 209 Å². The molecule has 10 nitrogen and oxygen atoms in total. The van der Waals surface area contributed by atoms with Crippen LogP contribution >= 0.6 is 0 Å². The van der Waals surface area contributed by atoms with Gasteiger partial charge < -0.3 is 30.3 Å². The summed E-state index contributed by atoms with van der Waals surface area (Å²) in [6.45, 7) is 1.12. The van der Waals surface area contributed by atoms with E-state index in [0.717, 1.165) is 6.92 Å². The predicted molar refractivity (Wildman–Crippen MR) is 116 cm³/mol. The zero-order valence-corrected chi connectivity index (χ0v) is 19.2. The quantitative estimate of drug-likeness (QED) is 0.284. The molecule has 0 aliphatic heterocycles. The third-order valence-corrected chi connectivity index (χ3v) is 3.60. The Balaban J connectivity index is 0.000000479. The van der Waals surface area contributed by atoms with E-state index in [2.05, 4.69) is 4.74 Å². The minimum atomic E-state index is -1.18. The maximum Gasteiger partial charge on any atom is 2.00 e. The number of rotatable bonds is 3. The summed E-state index contributed by atoms with van der Waals surface area (Å²) < 4.78 is 4.28. The molecule has 0 spiro atoms. The van der Waals surface area contributed by atoms with Crippen molar-refractivity contribution in [1.29, 1.82) is 0 Å². The van der Waals surface area contributed by atoms with Crippen molar-refractivity contribution >= 4 is 46.9 Å². The van der Waals surface area contributed by atoms with Gasteiger partial charge in [0.15, 0.2) is 0 Å². The number of carboxylic acid groups (broad SMARTS) is 2. The average molecular weight is 479 g/mol. The van der Waals surface area contributed by atoms with Crippen molar-refractivity contribution in [3.63, 3.8) is 0 Å². The van der Waals surface area contributed by atoms with E-state index in [1.807, 2.05) is 0 Å². The van der Waals surface area contributed by atoms with Crippen LogP contribution in [0.25, 0.3) is 0 Å². The summed E-state index contributed by atoms with van der Waals surface area (Å²) in [5, 5.41) is 47.3. The molecule has 0 atom stereocenters. The second kappa shape index (κ2) is 14.9. The fraction of sp³-hybridized carbons (Fsp3) is 0.0435. The molecule has 0 aliphatic carbocycles. The van der Waals surface area contributed by atoms with Gasteiger partial charge in [-0.1, -0.05) is 60.0 Å². The number of aromatic carboxylic acids is 2. The molecule has 172 valence electrons. The molecule has 3 aromatic rings. The minimum absolute atomic E-state index is 0. The normalized spacial score (nSPS) is 8.97. The Morgan fingerprint density at radius 1 is 0.676 bits per heavy atom. The third-order valence-electron chi connectivity index (χ3n) is 3.60. The van der Waals surface area contributed by atoms with Crippen LogP contribution in [0, 0.1) is 0 Å². The van der Waals surface area contributed by atoms with Gasteiger partial charge in [-0.25, -0.2) is 14.4 Å². The largest absolute Gasteiger partial charge is 2.00 e. The molecule has 0 saturated heterocycles. The molecule has 0 amide bonds. The number of carbonyl (C=O) groups excluding carboxylic acids is 2. The number of esters is 2. The van der Waals surface area contributed by atoms with Gasteiger partial charge in [0.2, 0.25) is 0 Å². The van der Waals surface area contributed by atoms with Gasteiger partial charge in [-0.05, 0) is 24.3 Å². The molecule has 0 heterocycles. The molecule has 0 saturated carbocycles. The van der Waals surface area contributed by atoms with Gasteiger partial charge in [-0.3, -0.25) is 4.79 Å². The van der Waals surface area contributed by atoms with E-state index in [0.29, 0.717) is 0 Å². The van der Waals surface area contributed by atoms with E-state index in [-0.39, 0.29) is 45.5 Å². The van der Waals surface area contributed by atoms with E-state index < -0.39 is 35.4 Å². The Morgan fingerprint density at radius 3 is 1.32 bits per heavy atom. The fourth-order valence-electron chi connectivity index (χ4n) is 2.12. The minimum Gasteiger partial charge on any atom is -0.872 e. The molecule has 0 aromatic heterocycles. The van der Waals surface area contributed by atoms with E-state index in [9.17, 15) is 34.5 Å². The SMILES string of the molecule is CC(=O)OC(=O)c1ccccc1O.O=C(O)c1ccccc1[O-].O=C(O)c1ccccc1[O-].[Mg+2]. The van der Waals surface area contributed by atoms with Gasteiger partial charge in [0.25, 0.3) is 0 Å². The molecule has 0 aliphatic rings. The first kappa shape index (κ1) is 29.9. The first-order valence-electron chi connectivity index (χ1n) is 9.04. The second-order valence-corrected chi connectivity index (χ2v) is 6.00. The summed E-state index contributed by atoms with van der Waals surface area (Å²) in [5.41, 5.74) is -0.372. The maximum absolute atomic E-state index is 11.1. The Morgan fingerprint density at radius 2 is 1.03 bits per heavy atom. The van der Waals surface area contributed by atoms with Gasteiger partial charge in [0.05, 0.1) is 11.1 Å². The number of para-hydroxylation sites is 3. The molecule has 3 N–H and O–H groups in total. The summed E-state index contributed by atoms with van der Waals surface area (Å²) in [6.07, 6.45) is 0. The van der Waals surface area contributed by atoms with Crippen LogP contribution < -0.4 is 10.2 Å². The monoisotopic (exact) mass is 478 g/mol. The van der Waals surface area contributed by atoms with Crippen LogP contribution in [0.1, 0.15) is 38.0 Å². The van der Waals surface area contributed by atoms with E-state index in [4.69, 9.17) is 10.2 Å². The standard InChI is InChI=1S/C9H8O4.2C7H6O3.Mg/c1-6(10)13-9(12)7-4-2-3-5-8(7)11;2*8-6-4-2-1-3-5(6)7(9)10;/h2-5,11H,1H3;2*1-4,8H,(H,9,10);/q;;;+2/p-2. The Bertz CT molecular complexity index is 1090.